The van der Waals surface area contributed by atoms with Crippen LogP contribution in [-0.2, 0) is 4.79 Å². The van der Waals surface area contributed by atoms with Gasteiger partial charge in [-0.3, -0.25) is 9.59 Å². The Balaban J connectivity index is 1.85. The van der Waals surface area contributed by atoms with Crippen molar-refractivity contribution in [2.24, 2.45) is 0 Å². The maximum atomic E-state index is 12.7. The van der Waals surface area contributed by atoms with Crippen LogP contribution in [0.15, 0.2) is 77.0 Å². The smallest absolute Gasteiger partial charge is 0.291 e. The van der Waals surface area contributed by atoms with Gasteiger partial charge >= 0.3 is 0 Å². The van der Waals surface area contributed by atoms with E-state index in [-0.39, 0.29) is 11.5 Å². The van der Waals surface area contributed by atoms with Gasteiger partial charge < -0.3 is 19.8 Å². The Morgan fingerprint density at radius 2 is 1.75 bits per heavy atom. The third kappa shape index (κ3) is 5.02. The molecule has 0 radical (unpaired) electrons. The molecule has 142 valence electrons. The molecule has 28 heavy (non-hydrogen) atoms. The number of amides is 2. The van der Waals surface area contributed by atoms with Gasteiger partial charge in [0.2, 0.25) is 0 Å². The van der Waals surface area contributed by atoms with E-state index in [2.05, 4.69) is 10.6 Å². The van der Waals surface area contributed by atoms with Crippen molar-refractivity contribution in [3.8, 4) is 5.75 Å². The molecule has 7 heteroatoms. The highest BCUT2D eigenvalue weighted by molar-refractivity contribution is 6.30. The second kappa shape index (κ2) is 8.92. The van der Waals surface area contributed by atoms with E-state index in [0.717, 1.165) is 0 Å². The lowest BCUT2D eigenvalue weighted by atomic mass is 10.1. The van der Waals surface area contributed by atoms with Gasteiger partial charge in [0, 0.05) is 10.7 Å². The molecule has 0 bridgehead atoms. The van der Waals surface area contributed by atoms with Crippen LogP contribution in [0, 0.1) is 0 Å². The number of nitrogens with one attached hydrogen (secondary N) is 2. The van der Waals surface area contributed by atoms with Crippen molar-refractivity contribution in [2.45, 2.75) is 0 Å². The summed E-state index contributed by atoms with van der Waals surface area (Å²) in [5, 5.41) is 5.87. The SMILES string of the molecule is COc1ccc(/C=C(\NC(=O)c2ccco2)C(=O)Nc2ccc(Cl)cc2)cc1. The lowest BCUT2D eigenvalue weighted by Gasteiger charge is -2.11. The predicted octanol–water partition coefficient (Wildman–Crippen LogP) is 4.35. The highest BCUT2D eigenvalue weighted by atomic mass is 35.5. The largest absolute Gasteiger partial charge is 0.497 e. The molecule has 1 heterocycles. The molecule has 0 fully saturated rings. The second-order valence-corrected chi connectivity index (χ2v) is 6.16. The molecule has 2 aromatic carbocycles. The molecular formula is C21H17ClN2O4. The molecule has 1 aromatic heterocycles. The average Bonchev–Trinajstić information content (AvgIpc) is 3.25. The summed E-state index contributed by atoms with van der Waals surface area (Å²) >= 11 is 5.87. The van der Waals surface area contributed by atoms with Crippen molar-refractivity contribution in [2.75, 3.05) is 12.4 Å². The van der Waals surface area contributed by atoms with Crippen LogP contribution in [0.2, 0.25) is 5.02 Å². The summed E-state index contributed by atoms with van der Waals surface area (Å²) in [5.41, 5.74) is 1.31. The molecule has 0 atom stereocenters. The van der Waals surface area contributed by atoms with E-state index < -0.39 is 11.8 Å². The fourth-order valence-corrected chi connectivity index (χ4v) is 2.47. The first-order valence-corrected chi connectivity index (χ1v) is 8.70. The van der Waals surface area contributed by atoms with E-state index in [1.807, 2.05) is 0 Å². The second-order valence-electron chi connectivity index (χ2n) is 5.72. The predicted molar refractivity (Wildman–Crippen MR) is 107 cm³/mol. The monoisotopic (exact) mass is 396 g/mol. The van der Waals surface area contributed by atoms with Crippen LogP contribution in [0.5, 0.6) is 5.75 Å². The minimum Gasteiger partial charge on any atom is -0.497 e. The average molecular weight is 397 g/mol. The number of halogens is 1. The van der Waals surface area contributed by atoms with E-state index in [4.69, 9.17) is 20.8 Å². The molecule has 0 saturated carbocycles. The molecule has 2 N–H and O–H groups in total. The first kappa shape index (κ1) is 19.3. The fraction of sp³-hybridized carbons (Fsp3) is 0.0476. The van der Waals surface area contributed by atoms with Gasteiger partial charge in [0.05, 0.1) is 13.4 Å². The summed E-state index contributed by atoms with van der Waals surface area (Å²) in [6.45, 7) is 0. The molecule has 2 amide bonds. The molecule has 0 aliphatic carbocycles. The van der Waals surface area contributed by atoms with Crippen LogP contribution >= 0.6 is 11.6 Å². The van der Waals surface area contributed by atoms with Gasteiger partial charge in [-0.1, -0.05) is 23.7 Å². The lowest BCUT2D eigenvalue weighted by molar-refractivity contribution is -0.113. The maximum Gasteiger partial charge on any atom is 0.291 e. The van der Waals surface area contributed by atoms with Crippen LogP contribution in [-0.4, -0.2) is 18.9 Å². The van der Waals surface area contributed by atoms with Crippen LogP contribution in [0.25, 0.3) is 6.08 Å². The van der Waals surface area contributed by atoms with E-state index in [0.29, 0.717) is 22.0 Å². The molecule has 0 saturated heterocycles. The van der Waals surface area contributed by atoms with Crippen LogP contribution in [0.4, 0.5) is 5.69 Å². The zero-order chi connectivity index (χ0) is 19.9. The van der Waals surface area contributed by atoms with E-state index in [1.165, 1.54) is 12.3 Å². The van der Waals surface area contributed by atoms with Crippen molar-refractivity contribution in [1.82, 2.24) is 5.32 Å². The summed E-state index contributed by atoms with van der Waals surface area (Å²) in [4.78, 5) is 25.1. The molecule has 0 aliphatic rings. The van der Waals surface area contributed by atoms with Crippen molar-refractivity contribution >= 4 is 35.2 Å². The van der Waals surface area contributed by atoms with Gasteiger partial charge in [-0.2, -0.15) is 0 Å². The maximum absolute atomic E-state index is 12.7. The Morgan fingerprint density at radius 3 is 2.36 bits per heavy atom. The van der Waals surface area contributed by atoms with Crippen LogP contribution in [0.3, 0.4) is 0 Å². The Bertz CT molecular complexity index is 978. The molecule has 3 rings (SSSR count). The summed E-state index contributed by atoms with van der Waals surface area (Å²) in [5.74, 6) is -0.238. The Kier molecular flexibility index (Phi) is 6.14. The van der Waals surface area contributed by atoms with Gasteiger partial charge in [0.15, 0.2) is 5.76 Å². The Labute approximate surface area is 166 Å². The number of rotatable bonds is 6. The quantitative estimate of drug-likeness (QED) is 0.607. The highest BCUT2D eigenvalue weighted by Gasteiger charge is 2.16. The minimum absolute atomic E-state index is 0.0570. The van der Waals surface area contributed by atoms with Crippen molar-refractivity contribution in [1.29, 1.82) is 0 Å². The normalized spacial score (nSPS) is 11.0. The van der Waals surface area contributed by atoms with Crippen molar-refractivity contribution < 1.29 is 18.7 Å². The van der Waals surface area contributed by atoms with Crippen LogP contribution < -0.4 is 15.4 Å². The molecule has 0 aliphatic heterocycles. The van der Waals surface area contributed by atoms with Gasteiger partial charge in [-0.15, -0.1) is 0 Å². The zero-order valence-corrected chi connectivity index (χ0v) is 15.7. The van der Waals surface area contributed by atoms with Crippen molar-refractivity contribution in [3.05, 3.63) is 89.0 Å². The Hall–Kier alpha value is -3.51. The molecule has 0 unspecified atom stereocenters. The van der Waals surface area contributed by atoms with E-state index in [9.17, 15) is 9.59 Å². The topological polar surface area (TPSA) is 80.6 Å². The molecule has 6 nitrogen and oxygen atoms in total. The standard InChI is InChI=1S/C21H17ClN2O4/c1-27-17-10-4-14(5-11-17)13-18(24-21(26)19-3-2-12-28-19)20(25)23-16-8-6-15(22)7-9-16/h2-13H,1H3,(H,23,25)(H,24,26)/b18-13-. The fourth-order valence-electron chi connectivity index (χ4n) is 2.35. The van der Waals surface area contributed by atoms with Gasteiger partial charge in [-0.05, 0) is 60.2 Å². The number of methoxy groups -OCH3 is 1. The zero-order valence-electron chi connectivity index (χ0n) is 14.9. The third-order valence-corrected chi connectivity index (χ3v) is 4.02. The van der Waals surface area contributed by atoms with Gasteiger partial charge in [-0.25, -0.2) is 0 Å². The molecule has 0 spiro atoms. The molecular weight excluding hydrogens is 380 g/mol. The van der Waals surface area contributed by atoms with Crippen LogP contribution in [0.1, 0.15) is 16.1 Å². The number of furan rings is 1. The van der Waals surface area contributed by atoms with Gasteiger partial charge in [0.25, 0.3) is 11.8 Å². The highest BCUT2D eigenvalue weighted by Crippen LogP contribution is 2.17. The summed E-state index contributed by atoms with van der Waals surface area (Å²) in [6, 6.07) is 16.8. The summed E-state index contributed by atoms with van der Waals surface area (Å²) < 4.78 is 10.2. The number of anilines is 1. The first-order chi connectivity index (χ1) is 13.5. The van der Waals surface area contributed by atoms with E-state index in [1.54, 1.807) is 67.8 Å². The number of hydrogen-bond donors (Lipinski definition) is 2. The Morgan fingerprint density at radius 1 is 1.04 bits per heavy atom. The van der Waals surface area contributed by atoms with Gasteiger partial charge in [0.1, 0.15) is 11.4 Å². The third-order valence-electron chi connectivity index (χ3n) is 3.77. The summed E-state index contributed by atoms with van der Waals surface area (Å²) in [7, 11) is 1.57. The molecule has 3 aromatic rings. The number of carbonyl (C=O) groups is 2. The van der Waals surface area contributed by atoms with E-state index >= 15 is 0 Å². The number of hydrogen-bond acceptors (Lipinski definition) is 4. The number of benzene rings is 2. The number of ether oxygens (including phenoxy) is 1. The van der Waals surface area contributed by atoms with Crippen molar-refractivity contribution in [3.63, 3.8) is 0 Å². The minimum atomic E-state index is -0.531. The summed E-state index contributed by atoms with van der Waals surface area (Å²) in [6.07, 6.45) is 2.95. The first-order valence-electron chi connectivity index (χ1n) is 8.32. The lowest BCUT2D eigenvalue weighted by Crippen LogP contribution is -2.30. The number of carbonyl (C=O) groups excluding carboxylic acids is 2.